The number of carbonyl (C=O) groups is 2. The van der Waals surface area contributed by atoms with Gasteiger partial charge in [-0.15, -0.1) is 0 Å². The Morgan fingerprint density at radius 1 is 1.29 bits per heavy atom. The van der Waals surface area contributed by atoms with Crippen molar-refractivity contribution in [1.82, 2.24) is 16.0 Å². The monoisotopic (exact) mass is 335 g/mol. The summed E-state index contributed by atoms with van der Waals surface area (Å²) in [6.45, 7) is 6.19. The van der Waals surface area contributed by atoms with Gasteiger partial charge in [0.1, 0.15) is 0 Å². The van der Waals surface area contributed by atoms with Crippen LogP contribution in [0.3, 0.4) is 0 Å². The van der Waals surface area contributed by atoms with Crippen LogP contribution in [0.1, 0.15) is 24.2 Å². The molecule has 7 heteroatoms. The molecule has 2 amide bonds. The smallest absolute Gasteiger partial charge is 0.258 e. The van der Waals surface area contributed by atoms with Crippen LogP contribution in [0.4, 0.5) is 0 Å². The molecule has 0 unspecified atom stereocenters. The molecule has 0 spiro atoms. The second kappa shape index (κ2) is 8.54. The Morgan fingerprint density at radius 2 is 2.04 bits per heavy atom. The quantitative estimate of drug-likeness (QED) is 0.646. The van der Waals surface area contributed by atoms with Crippen molar-refractivity contribution in [1.29, 1.82) is 0 Å². The summed E-state index contributed by atoms with van der Waals surface area (Å²) in [5, 5.41) is 8.81. The zero-order valence-electron chi connectivity index (χ0n) is 14.3. The summed E-state index contributed by atoms with van der Waals surface area (Å²) in [7, 11) is 1.50. The van der Waals surface area contributed by atoms with Gasteiger partial charge < -0.3 is 25.4 Å². The second-order valence-corrected chi connectivity index (χ2v) is 6.11. The molecule has 1 fully saturated rings. The van der Waals surface area contributed by atoms with E-state index in [-0.39, 0.29) is 24.5 Å². The number of nitrogens with one attached hydrogen (secondary N) is 3. The first kappa shape index (κ1) is 18.1. The molecular formula is C17H25N3O4. The Balaban J connectivity index is 1.93. The number of carbonyl (C=O) groups excluding carboxylic acids is 2. The molecule has 24 heavy (non-hydrogen) atoms. The van der Waals surface area contributed by atoms with Crippen LogP contribution in [0, 0.1) is 5.92 Å². The first-order chi connectivity index (χ1) is 11.5. The van der Waals surface area contributed by atoms with Crippen LogP contribution in [-0.2, 0) is 4.79 Å². The number of methoxy groups -OCH3 is 1. The standard InChI is InChI=1S/C17H25N3O4/c1-11(2)20-16(21)10-24-14-5-4-13(6-15(14)23-3)17(22)19-9-12-7-18-8-12/h4-6,11-12,18H,7-10H2,1-3H3,(H,19,22)(H,20,21). The van der Waals surface area contributed by atoms with Crippen LogP contribution < -0.4 is 25.4 Å². The maximum absolute atomic E-state index is 12.2. The Kier molecular flexibility index (Phi) is 6.43. The highest BCUT2D eigenvalue weighted by atomic mass is 16.5. The van der Waals surface area contributed by atoms with Crippen LogP contribution in [0.15, 0.2) is 18.2 Å². The maximum atomic E-state index is 12.2. The van der Waals surface area contributed by atoms with Gasteiger partial charge in [0.25, 0.3) is 11.8 Å². The van der Waals surface area contributed by atoms with Crippen LogP contribution in [0.25, 0.3) is 0 Å². The molecule has 1 aromatic rings. The van der Waals surface area contributed by atoms with E-state index in [4.69, 9.17) is 9.47 Å². The van der Waals surface area contributed by atoms with E-state index >= 15 is 0 Å². The van der Waals surface area contributed by atoms with Gasteiger partial charge in [-0.25, -0.2) is 0 Å². The summed E-state index contributed by atoms with van der Waals surface area (Å²) >= 11 is 0. The molecule has 2 rings (SSSR count). The van der Waals surface area contributed by atoms with Gasteiger partial charge in [-0.2, -0.15) is 0 Å². The van der Waals surface area contributed by atoms with Gasteiger partial charge >= 0.3 is 0 Å². The lowest BCUT2D eigenvalue weighted by Gasteiger charge is -2.27. The number of hydrogen-bond acceptors (Lipinski definition) is 5. The molecule has 1 saturated heterocycles. The van der Waals surface area contributed by atoms with E-state index in [0.717, 1.165) is 13.1 Å². The summed E-state index contributed by atoms with van der Waals surface area (Å²) in [5.74, 6) is 0.992. The molecule has 1 aliphatic heterocycles. The molecule has 0 bridgehead atoms. The van der Waals surface area contributed by atoms with Crippen LogP contribution in [-0.4, -0.2) is 51.2 Å². The molecule has 1 aliphatic rings. The van der Waals surface area contributed by atoms with E-state index in [1.807, 2.05) is 13.8 Å². The van der Waals surface area contributed by atoms with Crippen molar-refractivity contribution < 1.29 is 19.1 Å². The van der Waals surface area contributed by atoms with E-state index in [9.17, 15) is 9.59 Å². The third-order valence-electron chi connectivity index (χ3n) is 3.65. The Bertz CT molecular complexity index is 585. The lowest BCUT2D eigenvalue weighted by molar-refractivity contribution is -0.123. The molecule has 0 aromatic heterocycles. The largest absolute Gasteiger partial charge is 0.493 e. The van der Waals surface area contributed by atoms with E-state index in [2.05, 4.69) is 16.0 Å². The highest BCUT2D eigenvalue weighted by Crippen LogP contribution is 2.28. The average Bonchev–Trinajstić information content (AvgIpc) is 2.50. The molecule has 0 aliphatic carbocycles. The lowest BCUT2D eigenvalue weighted by Crippen LogP contribution is -2.48. The minimum atomic E-state index is -0.206. The molecule has 7 nitrogen and oxygen atoms in total. The predicted octanol–water partition coefficient (Wildman–Crippen LogP) is 0.548. The van der Waals surface area contributed by atoms with E-state index in [1.165, 1.54) is 7.11 Å². The molecule has 0 atom stereocenters. The third kappa shape index (κ3) is 5.13. The van der Waals surface area contributed by atoms with E-state index < -0.39 is 0 Å². The molecule has 3 N–H and O–H groups in total. The fraction of sp³-hybridized carbons (Fsp3) is 0.529. The summed E-state index contributed by atoms with van der Waals surface area (Å²) in [6.07, 6.45) is 0. The van der Waals surface area contributed by atoms with Crippen LogP contribution in [0.5, 0.6) is 11.5 Å². The maximum Gasteiger partial charge on any atom is 0.258 e. The van der Waals surface area contributed by atoms with E-state index in [0.29, 0.717) is 29.5 Å². The van der Waals surface area contributed by atoms with Crippen LogP contribution >= 0.6 is 0 Å². The number of rotatable bonds is 8. The number of benzene rings is 1. The van der Waals surface area contributed by atoms with Crippen molar-refractivity contribution in [3.8, 4) is 11.5 Å². The van der Waals surface area contributed by atoms with Crippen molar-refractivity contribution in [2.24, 2.45) is 5.92 Å². The minimum absolute atomic E-state index is 0.0555. The SMILES string of the molecule is COc1cc(C(=O)NCC2CNC2)ccc1OCC(=O)NC(C)C. The Morgan fingerprint density at radius 3 is 2.62 bits per heavy atom. The number of hydrogen-bond donors (Lipinski definition) is 3. The number of ether oxygens (including phenoxy) is 2. The second-order valence-electron chi connectivity index (χ2n) is 6.11. The first-order valence-corrected chi connectivity index (χ1v) is 8.08. The normalized spacial score (nSPS) is 14.0. The fourth-order valence-corrected chi connectivity index (χ4v) is 2.27. The Hall–Kier alpha value is -2.28. The van der Waals surface area contributed by atoms with Gasteiger partial charge in [0.15, 0.2) is 18.1 Å². The van der Waals surface area contributed by atoms with Crippen molar-refractivity contribution in [2.75, 3.05) is 33.4 Å². The summed E-state index contributed by atoms with van der Waals surface area (Å²) in [6, 6.07) is 4.97. The molecule has 132 valence electrons. The van der Waals surface area contributed by atoms with Gasteiger partial charge in [0.05, 0.1) is 7.11 Å². The predicted molar refractivity (Wildman–Crippen MR) is 90.5 cm³/mol. The van der Waals surface area contributed by atoms with Crippen molar-refractivity contribution in [2.45, 2.75) is 19.9 Å². The van der Waals surface area contributed by atoms with Gasteiger partial charge in [-0.05, 0) is 32.0 Å². The van der Waals surface area contributed by atoms with Crippen molar-refractivity contribution >= 4 is 11.8 Å². The van der Waals surface area contributed by atoms with Gasteiger partial charge in [-0.1, -0.05) is 0 Å². The summed E-state index contributed by atoms with van der Waals surface area (Å²) in [5.41, 5.74) is 0.498. The molecule has 0 saturated carbocycles. The Labute approximate surface area is 142 Å². The fourth-order valence-electron chi connectivity index (χ4n) is 2.27. The number of amides is 2. The lowest BCUT2D eigenvalue weighted by atomic mass is 10.0. The molecule has 1 heterocycles. The van der Waals surface area contributed by atoms with E-state index in [1.54, 1.807) is 18.2 Å². The van der Waals surface area contributed by atoms with Gasteiger partial charge in [0, 0.05) is 37.2 Å². The summed E-state index contributed by atoms with van der Waals surface area (Å²) < 4.78 is 10.7. The first-order valence-electron chi connectivity index (χ1n) is 8.08. The zero-order chi connectivity index (χ0) is 17.5. The van der Waals surface area contributed by atoms with Gasteiger partial charge in [-0.3, -0.25) is 9.59 Å². The van der Waals surface area contributed by atoms with Crippen LogP contribution in [0.2, 0.25) is 0 Å². The third-order valence-corrected chi connectivity index (χ3v) is 3.65. The topological polar surface area (TPSA) is 88.7 Å². The average molecular weight is 335 g/mol. The van der Waals surface area contributed by atoms with Crippen molar-refractivity contribution in [3.63, 3.8) is 0 Å². The highest BCUT2D eigenvalue weighted by molar-refractivity contribution is 5.94. The molecule has 1 aromatic carbocycles. The minimum Gasteiger partial charge on any atom is -0.493 e. The molecule has 0 radical (unpaired) electrons. The summed E-state index contributed by atoms with van der Waals surface area (Å²) in [4.78, 5) is 23.8. The zero-order valence-corrected chi connectivity index (χ0v) is 14.3. The van der Waals surface area contributed by atoms with Gasteiger partial charge in [0.2, 0.25) is 0 Å². The highest BCUT2D eigenvalue weighted by Gasteiger charge is 2.18. The van der Waals surface area contributed by atoms with Crippen molar-refractivity contribution in [3.05, 3.63) is 23.8 Å². The molecular weight excluding hydrogens is 310 g/mol.